The molecule has 1 aromatic carbocycles. The summed E-state index contributed by atoms with van der Waals surface area (Å²) >= 11 is 0. The fraction of sp³-hybridized carbons (Fsp3) is 0.467. The van der Waals surface area contributed by atoms with Gasteiger partial charge < -0.3 is 4.90 Å². The number of amides is 1. The van der Waals surface area contributed by atoms with Gasteiger partial charge in [-0.05, 0) is 20.3 Å². The quantitative estimate of drug-likeness (QED) is 0.695. The summed E-state index contributed by atoms with van der Waals surface area (Å²) in [6, 6.07) is 9.23. The van der Waals surface area contributed by atoms with Gasteiger partial charge in [-0.25, -0.2) is 0 Å². The Labute approximate surface area is 109 Å². The molecule has 0 N–H and O–H groups in total. The van der Waals surface area contributed by atoms with E-state index in [2.05, 4.69) is 0 Å². The van der Waals surface area contributed by atoms with Crippen molar-refractivity contribution in [2.24, 2.45) is 0 Å². The Balaban J connectivity index is 2.34. The number of carbonyl (C=O) groups is 2. The molecule has 98 valence electrons. The Morgan fingerprint density at radius 1 is 1.00 bits per heavy atom. The second kappa shape index (κ2) is 7.64. The van der Waals surface area contributed by atoms with Crippen LogP contribution in [0, 0.1) is 0 Å². The molecular weight excluding hydrogens is 226 g/mol. The van der Waals surface area contributed by atoms with Gasteiger partial charge in [-0.15, -0.1) is 0 Å². The number of nitrogens with zero attached hydrogens (tertiary/aromatic N) is 1. The van der Waals surface area contributed by atoms with Gasteiger partial charge >= 0.3 is 0 Å². The average Bonchev–Trinajstić information content (AvgIpc) is 2.41. The van der Waals surface area contributed by atoms with E-state index < -0.39 is 0 Å². The van der Waals surface area contributed by atoms with Crippen molar-refractivity contribution >= 4 is 11.7 Å². The Morgan fingerprint density at radius 3 is 2.17 bits per heavy atom. The normalized spacial score (nSPS) is 10.1. The first-order valence-corrected chi connectivity index (χ1v) is 6.55. The molecule has 0 aliphatic carbocycles. The number of ketones is 1. The zero-order valence-corrected chi connectivity index (χ0v) is 11.2. The third-order valence-corrected chi connectivity index (χ3v) is 3.01. The Morgan fingerprint density at radius 2 is 1.61 bits per heavy atom. The first kappa shape index (κ1) is 14.4. The molecule has 0 bridgehead atoms. The Hall–Kier alpha value is -1.64. The van der Waals surface area contributed by atoms with Crippen LogP contribution in [0.15, 0.2) is 30.3 Å². The molecule has 18 heavy (non-hydrogen) atoms. The predicted molar refractivity (Wildman–Crippen MR) is 72.6 cm³/mol. The van der Waals surface area contributed by atoms with Crippen molar-refractivity contribution in [1.29, 1.82) is 0 Å². The van der Waals surface area contributed by atoms with Crippen molar-refractivity contribution in [3.05, 3.63) is 35.9 Å². The first-order valence-electron chi connectivity index (χ1n) is 6.55. The summed E-state index contributed by atoms with van der Waals surface area (Å²) in [6.07, 6.45) is 1.53. The summed E-state index contributed by atoms with van der Waals surface area (Å²) in [6.45, 7) is 5.41. The molecule has 1 rings (SSSR count). The van der Waals surface area contributed by atoms with Gasteiger partial charge in [0.05, 0.1) is 0 Å². The van der Waals surface area contributed by atoms with E-state index in [1.807, 2.05) is 44.2 Å². The van der Waals surface area contributed by atoms with Crippen molar-refractivity contribution in [3.8, 4) is 0 Å². The molecule has 0 atom stereocenters. The lowest BCUT2D eigenvalue weighted by atomic mass is 10.1. The molecule has 0 fully saturated rings. The number of rotatable bonds is 7. The molecule has 0 spiro atoms. The second-order valence-electron chi connectivity index (χ2n) is 4.21. The molecule has 3 nitrogen and oxygen atoms in total. The minimum Gasteiger partial charge on any atom is -0.343 e. The maximum atomic E-state index is 11.8. The third-order valence-electron chi connectivity index (χ3n) is 3.01. The van der Waals surface area contributed by atoms with E-state index in [1.54, 1.807) is 4.90 Å². The summed E-state index contributed by atoms with van der Waals surface area (Å²) in [7, 11) is 0. The average molecular weight is 247 g/mol. The van der Waals surface area contributed by atoms with E-state index in [4.69, 9.17) is 0 Å². The molecule has 0 saturated heterocycles. The third kappa shape index (κ3) is 4.32. The van der Waals surface area contributed by atoms with Crippen LogP contribution in [0.3, 0.4) is 0 Å². The van der Waals surface area contributed by atoms with Gasteiger partial charge in [0.2, 0.25) is 5.91 Å². The van der Waals surface area contributed by atoms with Crippen molar-refractivity contribution in [2.45, 2.75) is 33.1 Å². The van der Waals surface area contributed by atoms with Crippen LogP contribution in [0.25, 0.3) is 0 Å². The highest BCUT2D eigenvalue weighted by Gasteiger charge is 2.11. The lowest BCUT2D eigenvalue weighted by Crippen LogP contribution is -2.30. The van der Waals surface area contributed by atoms with Gasteiger partial charge in [-0.3, -0.25) is 9.59 Å². The van der Waals surface area contributed by atoms with Gasteiger partial charge in [0.15, 0.2) is 5.78 Å². The van der Waals surface area contributed by atoms with Crippen LogP contribution in [0.5, 0.6) is 0 Å². The lowest BCUT2D eigenvalue weighted by molar-refractivity contribution is -0.130. The monoisotopic (exact) mass is 247 g/mol. The molecule has 0 saturated carbocycles. The fourth-order valence-electron chi connectivity index (χ4n) is 1.90. The maximum Gasteiger partial charge on any atom is 0.222 e. The van der Waals surface area contributed by atoms with Gasteiger partial charge in [0, 0.05) is 31.5 Å². The summed E-state index contributed by atoms with van der Waals surface area (Å²) in [5.41, 5.74) is 0.729. The van der Waals surface area contributed by atoms with Crippen LogP contribution < -0.4 is 0 Å². The summed E-state index contributed by atoms with van der Waals surface area (Å²) in [4.78, 5) is 25.3. The highest BCUT2D eigenvalue weighted by Crippen LogP contribution is 2.08. The molecule has 1 aromatic rings. The molecular formula is C15H21NO2. The molecule has 0 heterocycles. The molecule has 1 amide bonds. The number of Topliss-reactive ketones (excluding diaryl/α,β-unsaturated/α-hetero) is 1. The van der Waals surface area contributed by atoms with Crippen LogP contribution in [0.1, 0.15) is 43.5 Å². The first-order chi connectivity index (χ1) is 8.69. The van der Waals surface area contributed by atoms with Gasteiger partial charge in [0.1, 0.15) is 0 Å². The molecule has 0 aliphatic heterocycles. The van der Waals surface area contributed by atoms with E-state index in [-0.39, 0.29) is 11.7 Å². The van der Waals surface area contributed by atoms with E-state index in [9.17, 15) is 9.59 Å². The number of hydrogen-bond donors (Lipinski definition) is 0. The van der Waals surface area contributed by atoms with E-state index in [1.165, 1.54) is 0 Å². The van der Waals surface area contributed by atoms with Crippen molar-refractivity contribution in [2.75, 3.05) is 13.1 Å². The number of carbonyl (C=O) groups excluding carboxylic acids is 2. The van der Waals surface area contributed by atoms with Crippen LogP contribution in [0.4, 0.5) is 0 Å². The van der Waals surface area contributed by atoms with Gasteiger partial charge in [-0.2, -0.15) is 0 Å². The highest BCUT2D eigenvalue weighted by molar-refractivity contribution is 5.96. The topological polar surface area (TPSA) is 37.4 Å². The zero-order valence-electron chi connectivity index (χ0n) is 11.2. The van der Waals surface area contributed by atoms with Crippen LogP contribution in [0.2, 0.25) is 0 Å². The van der Waals surface area contributed by atoms with Crippen LogP contribution >= 0.6 is 0 Å². The standard InChI is InChI=1S/C15H21NO2/c1-3-16(4-2)15(18)12-8-11-14(17)13-9-6-5-7-10-13/h5-7,9-10H,3-4,8,11-12H2,1-2H3. The molecule has 0 aromatic heterocycles. The Bertz CT molecular complexity index is 383. The minimum atomic E-state index is 0.114. The minimum absolute atomic E-state index is 0.114. The molecule has 0 aliphatic rings. The number of benzene rings is 1. The largest absolute Gasteiger partial charge is 0.343 e. The SMILES string of the molecule is CCN(CC)C(=O)CCCC(=O)c1ccccc1. The van der Waals surface area contributed by atoms with E-state index >= 15 is 0 Å². The molecule has 3 heteroatoms. The van der Waals surface area contributed by atoms with Gasteiger partial charge in [-0.1, -0.05) is 30.3 Å². The summed E-state index contributed by atoms with van der Waals surface area (Å²) in [5, 5.41) is 0. The lowest BCUT2D eigenvalue weighted by Gasteiger charge is -2.18. The highest BCUT2D eigenvalue weighted by atomic mass is 16.2. The van der Waals surface area contributed by atoms with Crippen molar-refractivity contribution in [1.82, 2.24) is 4.90 Å². The van der Waals surface area contributed by atoms with E-state index in [0.717, 1.165) is 18.7 Å². The second-order valence-corrected chi connectivity index (χ2v) is 4.21. The molecule has 0 radical (unpaired) electrons. The van der Waals surface area contributed by atoms with E-state index in [0.29, 0.717) is 19.3 Å². The number of hydrogen-bond acceptors (Lipinski definition) is 2. The van der Waals surface area contributed by atoms with Gasteiger partial charge in [0.25, 0.3) is 0 Å². The maximum absolute atomic E-state index is 11.8. The van der Waals surface area contributed by atoms with Crippen molar-refractivity contribution < 1.29 is 9.59 Å². The summed E-state index contributed by atoms with van der Waals surface area (Å²) < 4.78 is 0. The molecule has 0 unspecified atom stereocenters. The predicted octanol–water partition coefficient (Wildman–Crippen LogP) is 2.91. The van der Waals surface area contributed by atoms with Crippen molar-refractivity contribution in [3.63, 3.8) is 0 Å². The smallest absolute Gasteiger partial charge is 0.222 e. The van der Waals surface area contributed by atoms with Crippen LogP contribution in [-0.2, 0) is 4.79 Å². The Kier molecular flexibility index (Phi) is 6.12. The van der Waals surface area contributed by atoms with Crippen LogP contribution in [-0.4, -0.2) is 29.7 Å². The zero-order chi connectivity index (χ0) is 13.4. The summed E-state index contributed by atoms with van der Waals surface area (Å²) in [5.74, 6) is 0.254. The fourth-order valence-corrected chi connectivity index (χ4v) is 1.90.